The summed E-state index contributed by atoms with van der Waals surface area (Å²) in [6, 6.07) is 10.2. The third kappa shape index (κ3) is 4.92. The van der Waals surface area contributed by atoms with Gasteiger partial charge < -0.3 is 19.7 Å². The van der Waals surface area contributed by atoms with Crippen LogP contribution in [-0.2, 0) is 20.8 Å². The Kier molecular flexibility index (Phi) is 6.65. The number of ether oxygens (including phenoxy) is 2. The van der Waals surface area contributed by atoms with E-state index in [9.17, 15) is 4.79 Å². The quantitative estimate of drug-likeness (QED) is 0.657. The number of aromatic nitrogens is 1. The van der Waals surface area contributed by atoms with E-state index in [0.29, 0.717) is 26.4 Å². The van der Waals surface area contributed by atoms with Crippen molar-refractivity contribution in [3.8, 4) is 0 Å². The number of rotatable bonds is 4. The van der Waals surface area contributed by atoms with Gasteiger partial charge in [0.2, 0.25) is 5.91 Å². The number of fused-ring (bicyclic) bond motifs is 2. The number of hydrogen-bond donors (Lipinski definition) is 1. The smallest absolute Gasteiger partial charge is 0.230 e. The average Bonchev–Trinajstić information content (AvgIpc) is 3.00. The summed E-state index contributed by atoms with van der Waals surface area (Å²) in [7, 11) is 0. The van der Waals surface area contributed by atoms with E-state index in [1.807, 2.05) is 17.0 Å². The van der Waals surface area contributed by atoms with Crippen molar-refractivity contribution < 1.29 is 14.3 Å². The summed E-state index contributed by atoms with van der Waals surface area (Å²) < 4.78 is 11.6. The zero-order valence-corrected chi connectivity index (χ0v) is 19.8. The molecule has 1 aliphatic carbocycles. The highest BCUT2D eigenvalue weighted by Gasteiger charge is 2.33. The summed E-state index contributed by atoms with van der Waals surface area (Å²) in [4.78, 5) is 20.4. The summed E-state index contributed by atoms with van der Waals surface area (Å²) in [6.07, 6.45) is 7.22. The molecule has 1 saturated heterocycles. The number of hydrogen-bond acceptors (Lipinski definition) is 5. The number of nitrogens with zero attached hydrogens (tertiary/aromatic N) is 2. The van der Waals surface area contributed by atoms with Gasteiger partial charge in [0, 0.05) is 17.7 Å². The fourth-order valence-corrected chi connectivity index (χ4v) is 5.55. The minimum absolute atomic E-state index is 0.0809. The van der Waals surface area contributed by atoms with Crippen LogP contribution in [0, 0.1) is 17.8 Å². The van der Waals surface area contributed by atoms with Gasteiger partial charge in [-0.15, -0.1) is 0 Å². The second-order valence-corrected chi connectivity index (χ2v) is 10.1. The maximum absolute atomic E-state index is 13.9. The minimum atomic E-state index is -0.101. The molecule has 33 heavy (non-hydrogen) atoms. The Morgan fingerprint density at radius 3 is 2.79 bits per heavy atom. The van der Waals surface area contributed by atoms with Crippen LogP contribution in [0.15, 0.2) is 36.5 Å². The Labute approximate surface area is 196 Å². The highest BCUT2D eigenvalue weighted by atomic mass is 16.6. The van der Waals surface area contributed by atoms with Crippen molar-refractivity contribution in [2.75, 3.05) is 30.0 Å². The molecular weight excluding hydrogens is 414 g/mol. The molecule has 6 nitrogen and oxygen atoms in total. The molecule has 2 aromatic rings. The van der Waals surface area contributed by atoms with E-state index in [4.69, 9.17) is 9.47 Å². The maximum atomic E-state index is 13.9. The molecule has 1 unspecified atom stereocenters. The second-order valence-electron chi connectivity index (χ2n) is 10.1. The van der Waals surface area contributed by atoms with E-state index in [1.54, 1.807) is 6.20 Å². The molecule has 1 atom stereocenters. The van der Waals surface area contributed by atoms with Gasteiger partial charge in [0.15, 0.2) is 0 Å². The van der Waals surface area contributed by atoms with Gasteiger partial charge in [-0.25, -0.2) is 4.98 Å². The van der Waals surface area contributed by atoms with Gasteiger partial charge in [0.1, 0.15) is 11.9 Å². The Balaban J connectivity index is 1.43. The van der Waals surface area contributed by atoms with Gasteiger partial charge >= 0.3 is 0 Å². The highest BCUT2D eigenvalue weighted by molar-refractivity contribution is 5.99. The van der Waals surface area contributed by atoms with E-state index in [1.165, 1.54) is 6.42 Å². The van der Waals surface area contributed by atoms with E-state index >= 15 is 0 Å². The zero-order valence-electron chi connectivity index (χ0n) is 19.8. The Morgan fingerprint density at radius 1 is 1.18 bits per heavy atom. The summed E-state index contributed by atoms with van der Waals surface area (Å²) in [5.74, 6) is 2.61. The molecule has 6 heteroatoms. The van der Waals surface area contributed by atoms with Crippen molar-refractivity contribution in [1.82, 2.24) is 4.98 Å². The predicted octanol–water partition coefficient (Wildman–Crippen LogP) is 5.61. The van der Waals surface area contributed by atoms with Gasteiger partial charge in [-0.1, -0.05) is 26.0 Å². The SMILES string of the molecule is CC(C)CC1CCC(C(=O)N2Cc3cccnc3Nc3ccc(C4COCCO4)cc32)CC1. The Bertz CT molecular complexity index is 978. The van der Waals surface area contributed by atoms with Crippen LogP contribution in [0.25, 0.3) is 0 Å². The van der Waals surface area contributed by atoms with Crippen LogP contribution < -0.4 is 10.2 Å². The number of benzene rings is 1. The van der Waals surface area contributed by atoms with E-state index in [0.717, 1.165) is 65.8 Å². The monoisotopic (exact) mass is 449 g/mol. The molecule has 1 aromatic carbocycles. The number of anilines is 3. The molecule has 1 aromatic heterocycles. The molecule has 1 N–H and O–H groups in total. The van der Waals surface area contributed by atoms with Crippen molar-refractivity contribution in [2.24, 2.45) is 17.8 Å². The molecule has 5 rings (SSSR count). The second kappa shape index (κ2) is 9.82. The van der Waals surface area contributed by atoms with Crippen molar-refractivity contribution in [3.05, 3.63) is 47.7 Å². The minimum Gasteiger partial charge on any atom is -0.376 e. The molecule has 0 radical (unpaired) electrons. The van der Waals surface area contributed by atoms with E-state index < -0.39 is 0 Å². The van der Waals surface area contributed by atoms with Gasteiger partial charge in [0.05, 0.1) is 37.7 Å². The third-order valence-electron chi connectivity index (χ3n) is 7.24. The fraction of sp³-hybridized carbons (Fsp3) is 0.556. The van der Waals surface area contributed by atoms with Crippen LogP contribution in [0.3, 0.4) is 0 Å². The first-order chi connectivity index (χ1) is 16.1. The largest absolute Gasteiger partial charge is 0.376 e. The lowest BCUT2D eigenvalue weighted by molar-refractivity contribution is -0.123. The predicted molar refractivity (Wildman–Crippen MR) is 130 cm³/mol. The van der Waals surface area contributed by atoms with Crippen LogP contribution in [0.4, 0.5) is 17.2 Å². The van der Waals surface area contributed by atoms with Crippen molar-refractivity contribution in [3.63, 3.8) is 0 Å². The van der Waals surface area contributed by atoms with Gasteiger partial charge in [-0.2, -0.15) is 0 Å². The molecule has 1 saturated carbocycles. The standard InChI is InChI=1S/C27H35N3O3/c1-18(2)14-19-5-7-20(8-6-19)27(31)30-16-22-4-3-11-28-26(22)29-23-10-9-21(15-24(23)30)25-17-32-12-13-33-25/h3-4,9-11,15,18-20,25H,5-8,12-14,16-17H2,1-2H3,(H,28,29). The van der Waals surface area contributed by atoms with Crippen molar-refractivity contribution in [1.29, 1.82) is 0 Å². The Hall–Kier alpha value is -2.44. The number of carbonyl (C=O) groups excluding carboxylic acids is 1. The molecule has 1 amide bonds. The van der Waals surface area contributed by atoms with Crippen LogP contribution in [-0.4, -0.2) is 30.7 Å². The van der Waals surface area contributed by atoms with E-state index in [-0.39, 0.29) is 17.9 Å². The number of amides is 1. The number of nitrogens with one attached hydrogen (secondary N) is 1. The topological polar surface area (TPSA) is 63.7 Å². The number of carbonyl (C=O) groups is 1. The zero-order chi connectivity index (χ0) is 22.8. The fourth-order valence-electron chi connectivity index (χ4n) is 5.55. The lowest BCUT2D eigenvalue weighted by atomic mass is 9.78. The van der Waals surface area contributed by atoms with Crippen LogP contribution >= 0.6 is 0 Å². The highest BCUT2D eigenvalue weighted by Crippen LogP contribution is 2.40. The summed E-state index contributed by atoms with van der Waals surface area (Å²) >= 11 is 0. The molecule has 2 aliphatic heterocycles. The average molecular weight is 450 g/mol. The lowest BCUT2D eigenvalue weighted by Crippen LogP contribution is -2.37. The first-order valence-corrected chi connectivity index (χ1v) is 12.4. The number of pyridine rings is 1. The van der Waals surface area contributed by atoms with Gasteiger partial charge in [-0.3, -0.25) is 4.79 Å². The van der Waals surface area contributed by atoms with Crippen LogP contribution in [0.2, 0.25) is 0 Å². The van der Waals surface area contributed by atoms with Crippen LogP contribution in [0.1, 0.15) is 63.2 Å². The van der Waals surface area contributed by atoms with Crippen molar-refractivity contribution >= 4 is 23.1 Å². The van der Waals surface area contributed by atoms with Crippen molar-refractivity contribution in [2.45, 2.75) is 58.6 Å². The van der Waals surface area contributed by atoms with Gasteiger partial charge in [0.25, 0.3) is 0 Å². The molecule has 176 valence electrons. The third-order valence-corrected chi connectivity index (χ3v) is 7.24. The molecule has 2 fully saturated rings. The Morgan fingerprint density at radius 2 is 2.03 bits per heavy atom. The molecule has 3 aliphatic rings. The summed E-state index contributed by atoms with van der Waals surface area (Å²) in [5, 5.41) is 3.47. The molecular formula is C27H35N3O3. The molecule has 0 spiro atoms. The normalized spacial score (nSPS) is 25.1. The van der Waals surface area contributed by atoms with Crippen LogP contribution in [0.5, 0.6) is 0 Å². The lowest BCUT2D eigenvalue weighted by Gasteiger charge is -2.33. The van der Waals surface area contributed by atoms with Gasteiger partial charge in [-0.05, 0) is 67.7 Å². The first-order valence-electron chi connectivity index (χ1n) is 12.4. The summed E-state index contributed by atoms with van der Waals surface area (Å²) in [6.45, 7) is 6.89. The molecule has 0 bridgehead atoms. The molecule has 3 heterocycles. The summed E-state index contributed by atoms with van der Waals surface area (Å²) in [5.41, 5.74) is 3.91. The maximum Gasteiger partial charge on any atom is 0.230 e. The van der Waals surface area contributed by atoms with E-state index in [2.05, 4.69) is 42.3 Å². The first kappa shape index (κ1) is 22.4.